The van der Waals surface area contributed by atoms with Crippen LogP contribution in [0.5, 0.6) is 0 Å². The largest absolute Gasteiger partial charge is 0.490 e. The lowest BCUT2D eigenvalue weighted by atomic mass is 9.84. The van der Waals surface area contributed by atoms with Gasteiger partial charge in [0.1, 0.15) is 12.2 Å². The molecule has 0 saturated carbocycles. The van der Waals surface area contributed by atoms with E-state index in [9.17, 15) is 30.0 Å². The summed E-state index contributed by atoms with van der Waals surface area (Å²) in [4.78, 5) is 26.4. The Hall–Kier alpha value is -2.56. The maximum atomic E-state index is 13.4. The second-order valence-corrected chi connectivity index (χ2v) is 12.6. The van der Waals surface area contributed by atoms with Gasteiger partial charge in [0.15, 0.2) is 5.78 Å². The Bertz CT molecular complexity index is 1070. The highest BCUT2D eigenvalue weighted by Gasteiger charge is 2.38. The number of carbonyl (C=O) groups is 2. The molecule has 44 heavy (non-hydrogen) atoms. The first-order chi connectivity index (χ1) is 20.6. The highest BCUT2D eigenvalue weighted by Crippen LogP contribution is 2.27. The fourth-order valence-electron chi connectivity index (χ4n) is 5.42. The van der Waals surface area contributed by atoms with Crippen LogP contribution in [0.2, 0.25) is 0 Å². The van der Waals surface area contributed by atoms with E-state index in [4.69, 9.17) is 14.2 Å². The molecule has 4 N–H and O–H groups in total. The first kappa shape index (κ1) is 39.5. The van der Waals surface area contributed by atoms with Crippen LogP contribution in [0, 0.1) is 35.5 Å². The summed E-state index contributed by atoms with van der Waals surface area (Å²) < 4.78 is 17.0. The first-order valence-electron chi connectivity index (χ1n) is 15.5. The predicted molar refractivity (Wildman–Crippen MR) is 171 cm³/mol. The number of ketones is 1. The summed E-state index contributed by atoms with van der Waals surface area (Å²) in [5.74, 6) is -3.41. The van der Waals surface area contributed by atoms with Gasteiger partial charge in [0.25, 0.3) is 0 Å². The molecule has 10 atom stereocenters. The molecule has 9 heteroatoms. The van der Waals surface area contributed by atoms with Gasteiger partial charge in [-0.15, -0.1) is 0 Å². The minimum absolute atomic E-state index is 0.0251. The molecule has 0 amide bonds. The lowest BCUT2D eigenvalue weighted by molar-refractivity contribution is -0.162. The Balaban J connectivity index is 3.51. The standard InChI is InChI=1S/C35H56O9/c1-20(2)31(38)22(4)14-15-28(37)25(7)33(40)26(8)34-29(42-9)13-11-12-27(19-36)18-24(6)32(39)23(5)16-21(3)17-30(43-10)35(41)44-34/h11-17,20,22-26,29,31-34,36,38-40H,18-19H2,1-10H3/b13-11+,15-14+,21-16+,27-12-,30-17-/t22-,23+,24-,25+,26-,29-,31+,32+,33-,34+/m0/s1. The van der Waals surface area contributed by atoms with Crippen molar-refractivity contribution >= 4 is 11.8 Å². The molecule has 0 aromatic heterocycles. The molecular weight excluding hydrogens is 564 g/mol. The number of rotatable bonds is 11. The number of aliphatic hydroxyl groups excluding tert-OH is 4. The molecule has 9 nitrogen and oxygen atoms in total. The van der Waals surface area contributed by atoms with Crippen molar-refractivity contribution in [1.82, 2.24) is 0 Å². The molecule has 1 aliphatic heterocycles. The Labute approximate surface area is 264 Å². The maximum absolute atomic E-state index is 13.4. The zero-order valence-electron chi connectivity index (χ0n) is 28.1. The first-order valence-corrected chi connectivity index (χ1v) is 15.5. The van der Waals surface area contributed by atoms with Crippen LogP contribution in [0.4, 0.5) is 0 Å². The summed E-state index contributed by atoms with van der Waals surface area (Å²) in [7, 11) is 2.80. The quantitative estimate of drug-likeness (QED) is 0.196. The molecule has 250 valence electrons. The number of methoxy groups -OCH3 is 2. The van der Waals surface area contributed by atoms with Crippen molar-refractivity contribution in [1.29, 1.82) is 0 Å². The Kier molecular flexibility index (Phi) is 17.1. The molecule has 0 spiro atoms. The molecule has 0 fully saturated rings. The van der Waals surface area contributed by atoms with Gasteiger partial charge in [0, 0.05) is 30.8 Å². The second kappa shape index (κ2) is 19.1. The molecule has 0 saturated heterocycles. The Morgan fingerprint density at radius 1 is 1.11 bits per heavy atom. The summed E-state index contributed by atoms with van der Waals surface area (Å²) in [6.45, 7) is 14.3. The minimum atomic E-state index is -1.21. The zero-order valence-corrected chi connectivity index (χ0v) is 28.1. The molecule has 0 aromatic rings. The van der Waals surface area contributed by atoms with Crippen molar-refractivity contribution in [2.45, 2.75) is 92.3 Å². The number of hydrogen-bond acceptors (Lipinski definition) is 9. The summed E-state index contributed by atoms with van der Waals surface area (Å²) in [6.07, 6.45) is 7.57. The Morgan fingerprint density at radius 2 is 1.75 bits per heavy atom. The number of cyclic esters (lactones) is 1. The van der Waals surface area contributed by atoms with Crippen LogP contribution in [-0.2, 0) is 23.8 Å². The molecule has 0 aromatic carbocycles. The number of aliphatic hydroxyl groups is 4. The van der Waals surface area contributed by atoms with Crippen LogP contribution in [0.15, 0.2) is 59.4 Å². The third-order valence-corrected chi connectivity index (χ3v) is 8.49. The molecule has 1 heterocycles. The summed E-state index contributed by atoms with van der Waals surface area (Å²) in [6, 6.07) is 0. The van der Waals surface area contributed by atoms with E-state index in [-0.39, 0.29) is 41.8 Å². The second-order valence-electron chi connectivity index (χ2n) is 12.6. The number of carbonyl (C=O) groups excluding carboxylic acids is 2. The molecule has 1 rings (SSSR count). The van der Waals surface area contributed by atoms with Crippen molar-refractivity contribution in [3.05, 3.63) is 59.4 Å². The van der Waals surface area contributed by atoms with E-state index in [2.05, 4.69) is 0 Å². The van der Waals surface area contributed by atoms with Crippen LogP contribution in [0.3, 0.4) is 0 Å². The maximum Gasteiger partial charge on any atom is 0.373 e. The molecule has 0 bridgehead atoms. The van der Waals surface area contributed by atoms with Gasteiger partial charge in [0.2, 0.25) is 5.76 Å². The SMILES string of the molecule is CO/C1=C\C(C)=C\[C@@H](C)[C@@H](O)[C@@H](C)C/C(CO)=C/C=C/[C@H](OC)[C@@H]([C@@H](C)[C@@H](O)[C@H](C)C(=O)/C=C/[C@H](C)[C@H](O)C(C)C)OC1=O. The topological polar surface area (TPSA) is 143 Å². The van der Waals surface area contributed by atoms with E-state index in [0.717, 1.165) is 0 Å². The Morgan fingerprint density at radius 3 is 2.30 bits per heavy atom. The van der Waals surface area contributed by atoms with E-state index in [1.165, 1.54) is 26.4 Å². The number of hydrogen-bond donors (Lipinski definition) is 4. The molecule has 0 unspecified atom stereocenters. The molecular formula is C35H56O9. The van der Waals surface area contributed by atoms with Crippen molar-refractivity contribution in [3.8, 4) is 0 Å². The minimum Gasteiger partial charge on any atom is -0.490 e. The van der Waals surface area contributed by atoms with Gasteiger partial charge in [-0.25, -0.2) is 4.79 Å². The number of allylic oxidation sites excluding steroid dienone is 5. The van der Waals surface area contributed by atoms with E-state index < -0.39 is 48.3 Å². The third kappa shape index (κ3) is 11.7. The van der Waals surface area contributed by atoms with Crippen molar-refractivity contribution < 1.29 is 44.2 Å². The fourth-order valence-corrected chi connectivity index (χ4v) is 5.42. The normalized spacial score (nSPS) is 32.2. The van der Waals surface area contributed by atoms with E-state index >= 15 is 0 Å². The number of esters is 1. The van der Waals surface area contributed by atoms with E-state index in [0.29, 0.717) is 17.6 Å². The van der Waals surface area contributed by atoms with Gasteiger partial charge in [-0.1, -0.05) is 84.4 Å². The molecule has 1 aliphatic rings. The van der Waals surface area contributed by atoms with E-state index in [1.807, 2.05) is 40.7 Å². The smallest absolute Gasteiger partial charge is 0.373 e. The average Bonchev–Trinajstić information content (AvgIpc) is 2.99. The van der Waals surface area contributed by atoms with Crippen molar-refractivity contribution in [2.24, 2.45) is 35.5 Å². The van der Waals surface area contributed by atoms with Gasteiger partial charge < -0.3 is 34.6 Å². The van der Waals surface area contributed by atoms with Crippen LogP contribution in [-0.4, -0.2) is 83.5 Å². The predicted octanol–water partition coefficient (Wildman–Crippen LogP) is 4.31. The van der Waals surface area contributed by atoms with Crippen molar-refractivity contribution in [3.63, 3.8) is 0 Å². The van der Waals surface area contributed by atoms with Crippen LogP contribution in [0.1, 0.15) is 61.8 Å². The summed E-state index contributed by atoms with van der Waals surface area (Å²) >= 11 is 0. The molecule has 0 aliphatic carbocycles. The lowest BCUT2D eigenvalue weighted by Crippen LogP contribution is -2.45. The lowest BCUT2D eigenvalue weighted by Gasteiger charge is -2.33. The van der Waals surface area contributed by atoms with Crippen LogP contribution >= 0.6 is 0 Å². The van der Waals surface area contributed by atoms with Gasteiger partial charge in [-0.3, -0.25) is 4.79 Å². The summed E-state index contributed by atoms with van der Waals surface area (Å²) in [5.41, 5.74) is 1.38. The highest BCUT2D eigenvalue weighted by molar-refractivity contribution is 5.92. The van der Waals surface area contributed by atoms with Crippen LogP contribution < -0.4 is 0 Å². The number of ether oxygens (including phenoxy) is 3. The fraction of sp³-hybridized carbons (Fsp3) is 0.657. The van der Waals surface area contributed by atoms with E-state index in [1.54, 1.807) is 45.1 Å². The van der Waals surface area contributed by atoms with Gasteiger partial charge in [-0.2, -0.15) is 0 Å². The average molecular weight is 621 g/mol. The zero-order chi connectivity index (χ0) is 33.7. The van der Waals surface area contributed by atoms with Gasteiger partial charge in [-0.05, 0) is 42.9 Å². The van der Waals surface area contributed by atoms with Gasteiger partial charge >= 0.3 is 5.97 Å². The highest BCUT2D eigenvalue weighted by atomic mass is 16.6. The van der Waals surface area contributed by atoms with Gasteiger partial charge in [0.05, 0.1) is 32.0 Å². The third-order valence-electron chi connectivity index (χ3n) is 8.49. The summed E-state index contributed by atoms with van der Waals surface area (Å²) in [5, 5.41) is 42.5. The molecule has 0 radical (unpaired) electrons. The monoisotopic (exact) mass is 620 g/mol. The van der Waals surface area contributed by atoms with Crippen molar-refractivity contribution in [2.75, 3.05) is 20.8 Å². The van der Waals surface area contributed by atoms with Crippen LogP contribution in [0.25, 0.3) is 0 Å².